The van der Waals surface area contributed by atoms with Crippen LogP contribution in [0.3, 0.4) is 0 Å². The summed E-state index contributed by atoms with van der Waals surface area (Å²) in [5.41, 5.74) is 0. The van der Waals surface area contributed by atoms with E-state index >= 15 is 0 Å². The predicted molar refractivity (Wildman–Crippen MR) is 53.1 cm³/mol. The van der Waals surface area contributed by atoms with Crippen LogP contribution in [0, 0.1) is 0 Å². The first-order valence-electron chi connectivity index (χ1n) is 4.67. The molecule has 0 aliphatic heterocycles. The van der Waals surface area contributed by atoms with Gasteiger partial charge in [-0.05, 0) is 20.4 Å². The van der Waals surface area contributed by atoms with E-state index in [2.05, 4.69) is 5.32 Å². The van der Waals surface area contributed by atoms with Gasteiger partial charge in [-0.1, -0.05) is 0 Å². The maximum Gasteiger partial charge on any atom is 0.198 e. The van der Waals surface area contributed by atoms with E-state index in [1.54, 1.807) is 7.05 Å². The molecule has 0 fully saturated rings. The minimum absolute atomic E-state index is 0.00389. The van der Waals surface area contributed by atoms with Crippen molar-refractivity contribution in [3.63, 3.8) is 0 Å². The molecule has 1 N–H and O–H groups in total. The number of rotatable bonds is 7. The maximum atomic E-state index is 11.0. The third-order valence-corrected chi connectivity index (χ3v) is 2.05. The van der Waals surface area contributed by atoms with Crippen LogP contribution in [-0.2, 0) is 14.4 Å². The van der Waals surface area contributed by atoms with Gasteiger partial charge >= 0.3 is 0 Å². The van der Waals surface area contributed by atoms with E-state index in [4.69, 9.17) is 0 Å². The molecule has 0 aromatic heterocycles. The second-order valence-electron chi connectivity index (χ2n) is 3.41. The largest absolute Gasteiger partial charge is 0.317 e. The smallest absolute Gasteiger partial charge is 0.198 e. The van der Waals surface area contributed by atoms with Crippen LogP contribution in [-0.4, -0.2) is 30.4 Å². The summed E-state index contributed by atoms with van der Waals surface area (Å²) in [5.74, 6) is -0.698. The van der Waals surface area contributed by atoms with Crippen LogP contribution in [0.4, 0.5) is 0 Å². The highest BCUT2D eigenvalue weighted by molar-refractivity contribution is 6.36. The fraction of sp³-hybridized carbons (Fsp3) is 0.700. The minimum atomic E-state index is -0.414. The summed E-state index contributed by atoms with van der Waals surface area (Å²) in [6, 6.07) is -0.00389. The molecule has 0 rings (SSSR count). The zero-order valence-corrected chi connectivity index (χ0v) is 8.92. The number of carbonyl (C=O) groups is 3. The minimum Gasteiger partial charge on any atom is -0.317 e. The number of carbonyl (C=O) groups excluding carboxylic acids is 3. The van der Waals surface area contributed by atoms with Gasteiger partial charge in [0.05, 0.1) is 0 Å². The molecule has 4 nitrogen and oxygen atoms in total. The Hall–Kier alpha value is -1.03. The average Bonchev–Trinajstić information content (AvgIpc) is 2.10. The first-order chi connectivity index (χ1) is 6.47. The van der Waals surface area contributed by atoms with Crippen LogP contribution in [0.15, 0.2) is 0 Å². The van der Waals surface area contributed by atoms with Crippen molar-refractivity contribution in [2.45, 2.75) is 39.2 Å². The molecular weight excluding hydrogens is 182 g/mol. The third-order valence-electron chi connectivity index (χ3n) is 2.05. The Morgan fingerprint density at radius 3 is 2.14 bits per heavy atom. The molecule has 80 valence electrons. The van der Waals surface area contributed by atoms with Gasteiger partial charge in [0.25, 0.3) is 0 Å². The van der Waals surface area contributed by atoms with Crippen molar-refractivity contribution in [1.82, 2.24) is 5.32 Å². The number of nitrogens with one attached hydrogen (secondary N) is 1. The Bertz CT molecular complexity index is 236. The van der Waals surface area contributed by atoms with Crippen LogP contribution >= 0.6 is 0 Å². The lowest BCUT2D eigenvalue weighted by molar-refractivity contribution is -0.135. The lowest BCUT2D eigenvalue weighted by Crippen LogP contribution is -2.28. The highest BCUT2D eigenvalue weighted by Crippen LogP contribution is 2.03. The lowest BCUT2D eigenvalue weighted by Gasteiger charge is -2.12. The first kappa shape index (κ1) is 13.0. The quantitative estimate of drug-likeness (QED) is 0.606. The molecule has 0 bridgehead atoms. The molecule has 0 aliphatic carbocycles. The fourth-order valence-electron chi connectivity index (χ4n) is 1.18. The Labute approximate surface area is 84.1 Å². The summed E-state index contributed by atoms with van der Waals surface area (Å²) < 4.78 is 0. The normalized spacial score (nSPS) is 12.2. The van der Waals surface area contributed by atoms with Crippen LogP contribution in [0.1, 0.15) is 33.1 Å². The van der Waals surface area contributed by atoms with Crippen molar-refractivity contribution < 1.29 is 14.4 Å². The molecule has 1 atom stereocenters. The van der Waals surface area contributed by atoms with E-state index in [1.807, 2.05) is 0 Å². The molecule has 0 unspecified atom stereocenters. The average molecular weight is 199 g/mol. The van der Waals surface area contributed by atoms with Gasteiger partial charge in [0, 0.05) is 25.8 Å². The van der Waals surface area contributed by atoms with E-state index in [-0.39, 0.29) is 24.0 Å². The molecule has 0 heterocycles. The van der Waals surface area contributed by atoms with Crippen LogP contribution in [0.5, 0.6) is 0 Å². The second kappa shape index (κ2) is 6.43. The van der Waals surface area contributed by atoms with Gasteiger partial charge in [0.2, 0.25) is 0 Å². The van der Waals surface area contributed by atoms with Gasteiger partial charge in [-0.3, -0.25) is 14.4 Å². The van der Waals surface area contributed by atoms with Crippen molar-refractivity contribution in [1.29, 1.82) is 0 Å². The topological polar surface area (TPSA) is 63.2 Å². The van der Waals surface area contributed by atoms with Crippen molar-refractivity contribution in [3.8, 4) is 0 Å². The number of hydrogen-bond acceptors (Lipinski definition) is 4. The molecular formula is C10H17NO3. The first-order valence-corrected chi connectivity index (χ1v) is 4.67. The van der Waals surface area contributed by atoms with E-state index in [0.29, 0.717) is 12.8 Å². The van der Waals surface area contributed by atoms with Crippen molar-refractivity contribution in [2.24, 2.45) is 0 Å². The van der Waals surface area contributed by atoms with E-state index < -0.39 is 5.78 Å². The summed E-state index contributed by atoms with van der Waals surface area (Å²) >= 11 is 0. The van der Waals surface area contributed by atoms with Gasteiger partial charge in [-0.25, -0.2) is 0 Å². The third kappa shape index (κ3) is 5.59. The molecule has 0 saturated heterocycles. The van der Waals surface area contributed by atoms with Crippen molar-refractivity contribution in [2.75, 3.05) is 7.05 Å². The summed E-state index contributed by atoms with van der Waals surface area (Å²) in [6.07, 6.45) is 1.16. The lowest BCUT2D eigenvalue weighted by atomic mass is 10.0. The number of ketones is 3. The predicted octanol–water partition coefficient (Wildman–Crippen LogP) is 0.492. The molecule has 0 amide bonds. The second-order valence-corrected chi connectivity index (χ2v) is 3.41. The van der Waals surface area contributed by atoms with E-state index in [9.17, 15) is 14.4 Å². The van der Waals surface area contributed by atoms with Crippen LogP contribution in [0.25, 0.3) is 0 Å². The standard InChI is InChI=1S/C10H17NO3/c1-7(12)6-9(11-3)4-5-10(14)8(2)13/h9,11H,4-6H2,1-3H3/t9-/m0/s1. The number of Topliss-reactive ketones (excluding diaryl/α,β-unsaturated/α-hetero) is 3. The van der Waals surface area contributed by atoms with Crippen molar-refractivity contribution in [3.05, 3.63) is 0 Å². The molecule has 14 heavy (non-hydrogen) atoms. The highest BCUT2D eigenvalue weighted by atomic mass is 16.2. The number of hydrogen-bond donors (Lipinski definition) is 1. The van der Waals surface area contributed by atoms with Crippen molar-refractivity contribution >= 4 is 17.3 Å². The fourth-order valence-corrected chi connectivity index (χ4v) is 1.18. The maximum absolute atomic E-state index is 11.0. The Morgan fingerprint density at radius 2 is 1.79 bits per heavy atom. The molecule has 0 aliphatic rings. The highest BCUT2D eigenvalue weighted by Gasteiger charge is 2.13. The molecule has 0 aromatic rings. The van der Waals surface area contributed by atoms with Gasteiger partial charge in [0.15, 0.2) is 11.6 Å². The molecule has 0 aromatic carbocycles. The molecule has 0 radical (unpaired) electrons. The van der Waals surface area contributed by atoms with Gasteiger partial charge in [-0.15, -0.1) is 0 Å². The van der Waals surface area contributed by atoms with Crippen LogP contribution < -0.4 is 5.32 Å². The summed E-state index contributed by atoms with van der Waals surface area (Å²) in [6.45, 7) is 2.78. The molecule has 0 spiro atoms. The summed E-state index contributed by atoms with van der Waals surface area (Å²) in [7, 11) is 1.74. The molecule has 0 saturated carbocycles. The zero-order chi connectivity index (χ0) is 11.1. The van der Waals surface area contributed by atoms with Gasteiger partial charge in [0.1, 0.15) is 5.78 Å². The Morgan fingerprint density at radius 1 is 1.21 bits per heavy atom. The summed E-state index contributed by atoms with van der Waals surface area (Å²) in [4.78, 5) is 32.4. The van der Waals surface area contributed by atoms with Crippen LogP contribution in [0.2, 0.25) is 0 Å². The summed E-state index contributed by atoms with van der Waals surface area (Å²) in [5, 5.41) is 2.94. The SMILES string of the molecule is CN[C@@H](CCC(=O)C(C)=O)CC(C)=O. The van der Waals surface area contributed by atoms with Gasteiger partial charge < -0.3 is 5.32 Å². The van der Waals surface area contributed by atoms with Gasteiger partial charge in [-0.2, -0.15) is 0 Å². The zero-order valence-electron chi connectivity index (χ0n) is 8.92. The Kier molecular flexibility index (Phi) is 5.95. The van der Waals surface area contributed by atoms with E-state index in [1.165, 1.54) is 13.8 Å². The Balaban J connectivity index is 3.89. The van der Waals surface area contributed by atoms with E-state index in [0.717, 1.165) is 0 Å². The molecule has 4 heteroatoms. The monoisotopic (exact) mass is 199 g/mol.